The highest BCUT2D eigenvalue weighted by atomic mass is 16.6. The first-order valence-electron chi connectivity index (χ1n) is 13.2. The van der Waals surface area contributed by atoms with Crippen LogP contribution >= 0.6 is 0 Å². The van der Waals surface area contributed by atoms with Gasteiger partial charge in [0, 0.05) is 5.57 Å². The van der Waals surface area contributed by atoms with E-state index in [1.807, 2.05) is 0 Å². The second-order valence-corrected chi connectivity index (χ2v) is 10.1. The maximum atomic E-state index is 12.9. The molecule has 0 saturated heterocycles. The molecule has 0 atom stereocenters. The molecular formula is C29H40O7. The molecule has 0 unspecified atom stereocenters. The zero-order valence-corrected chi connectivity index (χ0v) is 21.9. The Labute approximate surface area is 214 Å². The van der Waals surface area contributed by atoms with Gasteiger partial charge < -0.3 is 18.9 Å². The molecule has 2 saturated carbocycles. The van der Waals surface area contributed by atoms with E-state index in [0.29, 0.717) is 0 Å². The van der Waals surface area contributed by atoms with Crippen molar-refractivity contribution in [2.24, 2.45) is 23.7 Å². The molecular weight excluding hydrogens is 460 g/mol. The van der Waals surface area contributed by atoms with Gasteiger partial charge in [-0.25, -0.2) is 9.59 Å². The molecule has 2 aliphatic carbocycles. The van der Waals surface area contributed by atoms with Crippen LogP contribution in [-0.2, 0) is 19.1 Å². The molecule has 0 radical (unpaired) electrons. The van der Waals surface area contributed by atoms with Crippen LogP contribution in [0.15, 0.2) is 30.4 Å². The smallest absolute Gasteiger partial charge is 0.338 e. The topological polar surface area (TPSA) is 88.1 Å². The van der Waals surface area contributed by atoms with Crippen molar-refractivity contribution in [3.8, 4) is 11.5 Å². The molecule has 7 heteroatoms. The third-order valence-electron chi connectivity index (χ3n) is 7.75. The van der Waals surface area contributed by atoms with Crippen LogP contribution in [-0.4, -0.2) is 38.2 Å². The fourth-order valence-corrected chi connectivity index (χ4v) is 5.44. The maximum Gasteiger partial charge on any atom is 0.338 e. The summed E-state index contributed by atoms with van der Waals surface area (Å²) in [6, 6.07) is 4.55. The molecule has 0 N–H and O–H groups in total. The van der Waals surface area contributed by atoms with E-state index < -0.39 is 11.9 Å². The summed E-state index contributed by atoms with van der Waals surface area (Å²) < 4.78 is 21.1. The van der Waals surface area contributed by atoms with Crippen molar-refractivity contribution in [1.82, 2.24) is 0 Å². The molecule has 1 aromatic rings. The number of benzene rings is 1. The Balaban J connectivity index is 1.47. The molecule has 0 aliphatic heterocycles. The highest BCUT2D eigenvalue weighted by Crippen LogP contribution is 2.42. The zero-order valence-electron chi connectivity index (χ0n) is 21.9. The second-order valence-electron chi connectivity index (χ2n) is 10.1. The molecule has 0 amide bonds. The first kappa shape index (κ1) is 27.8. The Kier molecular flexibility index (Phi) is 10.4. The highest BCUT2D eigenvalue weighted by molar-refractivity contribution is 5.90. The predicted octanol–water partition coefficient (Wildman–Crippen LogP) is 5.90. The average molecular weight is 501 g/mol. The van der Waals surface area contributed by atoms with Gasteiger partial charge >= 0.3 is 17.9 Å². The number of esters is 3. The van der Waals surface area contributed by atoms with E-state index in [0.717, 1.165) is 43.4 Å². The van der Waals surface area contributed by atoms with Gasteiger partial charge in [-0.15, -0.1) is 0 Å². The molecule has 36 heavy (non-hydrogen) atoms. The number of carbonyl (C=O) groups excluding carboxylic acids is 3. The Morgan fingerprint density at radius 2 is 1.50 bits per heavy atom. The second kappa shape index (κ2) is 13.5. The molecule has 0 spiro atoms. The van der Waals surface area contributed by atoms with Gasteiger partial charge in [-0.3, -0.25) is 4.79 Å². The molecule has 2 fully saturated rings. The summed E-state index contributed by atoms with van der Waals surface area (Å²) in [5.41, 5.74) is 0.523. The Morgan fingerprint density at radius 3 is 2.08 bits per heavy atom. The van der Waals surface area contributed by atoms with Crippen molar-refractivity contribution in [3.63, 3.8) is 0 Å². The van der Waals surface area contributed by atoms with E-state index in [-0.39, 0.29) is 47.7 Å². The van der Waals surface area contributed by atoms with Crippen molar-refractivity contribution in [3.05, 3.63) is 35.9 Å². The number of ether oxygens (including phenoxy) is 4. The van der Waals surface area contributed by atoms with Gasteiger partial charge in [0.15, 0.2) is 11.5 Å². The maximum absolute atomic E-state index is 12.9. The van der Waals surface area contributed by atoms with Crippen molar-refractivity contribution >= 4 is 17.9 Å². The van der Waals surface area contributed by atoms with E-state index in [1.54, 1.807) is 13.0 Å². The van der Waals surface area contributed by atoms with E-state index in [9.17, 15) is 14.4 Å². The van der Waals surface area contributed by atoms with Crippen LogP contribution in [0.4, 0.5) is 0 Å². The zero-order chi connectivity index (χ0) is 26.1. The minimum atomic E-state index is -0.594. The van der Waals surface area contributed by atoms with Crippen LogP contribution in [0.1, 0.15) is 82.0 Å². The number of hydrogen-bond donors (Lipinski definition) is 0. The minimum absolute atomic E-state index is 0.0630. The van der Waals surface area contributed by atoms with Crippen molar-refractivity contribution in [2.45, 2.75) is 71.6 Å². The van der Waals surface area contributed by atoms with Crippen LogP contribution in [0.5, 0.6) is 11.5 Å². The molecule has 7 nitrogen and oxygen atoms in total. The van der Waals surface area contributed by atoms with E-state index in [2.05, 4.69) is 13.5 Å². The largest absolute Gasteiger partial charge is 0.493 e. The van der Waals surface area contributed by atoms with Crippen LogP contribution < -0.4 is 9.47 Å². The fourth-order valence-electron chi connectivity index (χ4n) is 5.44. The summed E-state index contributed by atoms with van der Waals surface area (Å²) in [5, 5.41) is 0. The standard InChI is InChI=1S/C29H40O7/c1-5-20-6-8-21(9-7-20)22-10-12-23(13-11-22)29(32)36-25-15-14-24(18-26(25)33-4)28(31)35-17-16-34-27(30)19(2)3/h14-15,18,20-23H,2,5-13,16-17H2,1,3-4H3. The SMILES string of the molecule is C=C(C)C(=O)OCCOC(=O)c1ccc(OC(=O)C2CCC(C3CCC(CC)CC3)CC2)c(OC)c1. The van der Waals surface area contributed by atoms with Crippen LogP contribution in [0.25, 0.3) is 0 Å². The van der Waals surface area contributed by atoms with Crippen molar-refractivity contribution in [2.75, 3.05) is 20.3 Å². The normalized spacial score (nSPS) is 23.9. The number of methoxy groups -OCH3 is 1. The minimum Gasteiger partial charge on any atom is -0.493 e. The summed E-state index contributed by atoms with van der Waals surface area (Å²) in [6.07, 6.45) is 10.6. The first-order chi connectivity index (χ1) is 17.3. The lowest BCUT2D eigenvalue weighted by atomic mass is 9.69. The summed E-state index contributed by atoms with van der Waals surface area (Å²) in [7, 11) is 1.46. The molecule has 0 aromatic heterocycles. The molecule has 198 valence electrons. The summed E-state index contributed by atoms with van der Waals surface area (Å²) in [4.78, 5) is 36.6. The quantitative estimate of drug-likeness (QED) is 0.171. The molecule has 1 aromatic carbocycles. The van der Waals surface area contributed by atoms with Crippen molar-refractivity contribution in [1.29, 1.82) is 0 Å². The van der Waals surface area contributed by atoms with Gasteiger partial charge in [0.1, 0.15) is 13.2 Å². The Hall–Kier alpha value is -2.83. The van der Waals surface area contributed by atoms with Crippen LogP contribution in [0.3, 0.4) is 0 Å². The van der Waals surface area contributed by atoms with E-state index in [1.165, 1.54) is 51.3 Å². The number of hydrogen-bond acceptors (Lipinski definition) is 7. The van der Waals surface area contributed by atoms with Gasteiger partial charge in [0.05, 0.1) is 18.6 Å². The third kappa shape index (κ3) is 7.58. The summed E-state index contributed by atoms with van der Waals surface area (Å²) in [5.74, 6) is 1.55. The van der Waals surface area contributed by atoms with Crippen molar-refractivity contribution < 1.29 is 33.3 Å². The number of carbonyl (C=O) groups is 3. The predicted molar refractivity (Wildman–Crippen MR) is 136 cm³/mol. The third-order valence-corrected chi connectivity index (χ3v) is 7.75. The van der Waals surface area contributed by atoms with Gasteiger partial charge in [-0.05, 0) is 81.4 Å². The fraction of sp³-hybridized carbons (Fsp3) is 0.621. The van der Waals surface area contributed by atoms with Crippen LogP contribution in [0, 0.1) is 23.7 Å². The van der Waals surface area contributed by atoms with Crippen LogP contribution in [0.2, 0.25) is 0 Å². The highest BCUT2D eigenvalue weighted by Gasteiger charge is 2.33. The lowest BCUT2D eigenvalue weighted by Gasteiger charge is -2.37. The first-order valence-corrected chi connectivity index (χ1v) is 13.2. The average Bonchev–Trinajstić information content (AvgIpc) is 2.91. The molecule has 0 heterocycles. The Morgan fingerprint density at radius 1 is 0.889 bits per heavy atom. The van der Waals surface area contributed by atoms with E-state index in [4.69, 9.17) is 18.9 Å². The summed E-state index contributed by atoms with van der Waals surface area (Å²) in [6.45, 7) is 7.18. The molecule has 2 aliphatic rings. The van der Waals surface area contributed by atoms with Gasteiger partial charge in [0.25, 0.3) is 0 Å². The Bertz CT molecular complexity index is 922. The monoisotopic (exact) mass is 500 g/mol. The molecule has 3 rings (SSSR count). The lowest BCUT2D eigenvalue weighted by Crippen LogP contribution is -2.30. The van der Waals surface area contributed by atoms with E-state index >= 15 is 0 Å². The van der Waals surface area contributed by atoms with Gasteiger partial charge in [-0.1, -0.05) is 32.8 Å². The summed E-state index contributed by atoms with van der Waals surface area (Å²) >= 11 is 0. The molecule has 0 bridgehead atoms. The van der Waals surface area contributed by atoms with Gasteiger partial charge in [0.2, 0.25) is 0 Å². The number of rotatable bonds is 10. The lowest BCUT2D eigenvalue weighted by molar-refractivity contribution is -0.141. The van der Waals surface area contributed by atoms with Gasteiger partial charge in [-0.2, -0.15) is 0 Å².